The van der Waals surface area contributed by atoms with Crippen molar-refractivity contribution in [2.75, 3.05) is 31.5 Å². The fraction of sp³-hybridized carbons (Fsp3) is 0.444. The van der Waals surface area contributed by atoms with Crippen molar-refractivity contribution in [1.82, 2.24) is 14.8 Å². The highest BCUT2D eigenvalue weighted by molar-refractivity contribution is 7.11. The Kier molecular flexibility index (Phi) is 5.71. The van der Waals surface area contributed by atoms with Gasteiger partial charge in [0, 0.05) is 43.3 Å². The Morgan fingerprint density at radius 1 is 1.22 bits per heavy atom. The molecule has 5 nitrogen and oxygen atoms in total. The third-order valence-corrected chi connectivity index (χ3v) is 5.40. The molecule has 1 aliphatic rings. The standard InChI is InChI=1S/C18H21F3N4OS/c1-12-16(22-13(2)27-12)11-24-6-8-25(9-7-24)17(26)23-15-5-3-4-14(10-15)18(19,20)21/h3-5,10H,6-9,11H2,1-2H3,(H,23,26). The van der Waals surface area contributed by atoms with Crippen molar-refractivity contribution in [3.8, 4) is 0 Å². The Morgan fingerprint density at radius 3 is 2.52 bits per heavy atom. The van der Waals surface area contributed by atoms with Crippen molar-refractivity contribution in [3.05, 3.63) is 45.4 Å². The Balaban J connectivity index is 1.53. The molecule has 0 atom stereocenters. The molecule has 0 radical (unpaired) electrons. The van der Waals surface area contributed by atoms with Gasteiger partial charge in [0.25, 0.3) is 0 Å². The summed E-state index contributed by atoms with van der Waals surface area (Å²) in [6.45, 7) is 7.23. The van der Waals surface area contributed by atoms with E-state index in [2.05, 4.69) is 22.1 Å². The molecule has 1 aromatic heterocycles. The topological polar surface area (TPSA) is 48.5 Å². The number of nitrogens with one attached hydrogen (secondary N) is 1. The second-order valence-electron chi connectivity index (χ2n) is 6.51. The summed E-state index contributed by atoms with van der Waals surface area (Å²) in [5, 5.41) is 3.60. The Labute approximate surface area is 159 Å². The van der Waals surface area contributed by atoms with E-state index in [0.717, 1.165) is 29.4 Å². The molecule has 1 fully saturated rings. The van der Waals surface area contributed by atoms with Crippen molar-refractivity contribution in [1.29, 1.82) is 0 Å². The van der Waals surface area contributed by atoms with Crippen LogP contribution in [0.25, 0.3) is 0 Å². The molecule has 27 heavy (non-hydrogen) atoms. The smallest absolute Gasteiger partial charge is 0.322 e. The maximum Gasteiger partial charge on any atom is 0.416 e. The van der Waals surface area contributed by atoms with Crippen LogP contribution in [0.3, 0.4) is 0 Å². The van der Waals surface area contributed by atoms with Gasteiger partial charge in [0.1, 0.15) is 0 Å². The molecule has 1 saturated heterocycles. The zero-order valence-corrected chi connectivity index (χ0v) is 16.0. The number of anilines is 1. The second-order valence-corrected chi connectivity index (χ2v) is 7.91. The fourth-order valence-electron chi connectivity index (χ4n) is 3.02. The number of piperazine rings is 1. The maximum atomic E-state index is 12.8. The minimum absolute atomic E-state index is 0.144. The Hall–Kier alpha value is -2.13. The van der Waals surface area contributed by atoms with Crippen LogP contribution in [0.1, 0.15) is 21.1 Å². The lowest BCUT2D eigenvalue weighted by Gasteiger charge is -2.34. The first-order valence-corrected chi connectivity index (χ1v) is 9.42. The van der Waals surface area contributed by atoms with Gasteiger partial charge in [0.05, 0.1) is 16.3 Å². The molecule has 2 aromatic rings. The number of aryl methyl sites for hydroxylation is 2. The largest absolute Gasteiger partial charge is 0.416 e. The second kappa shape index (κ2) is 7.85. The third kappa shape index (κ3) is 4.98. The molecule has 0 unspecified atom stereocenters. The van der Waals surface area contributed by atoms with Gasteiger partial charge in [-0.3, -0.25) is 4.90 Å². The molecule has 9 heteroatoms. The van der Waals surface area contributed by atoms with E-state index in [1.54, 1.807) is 16.2 Å². The number of thiazole rings is 1. The van der Waals surface area contributed by atoms with E-state index in [4.69, 9.17) is 0 Å². The summed E-state index contributed by atoms with van der Waals surface area (Å²) in [5.41, 5.74) is 0.434. The van der Waals surface area contributed by atoms with Crippen LogP contribution >= 0.6 is 11.3 Å². The van der Waals surface area contributed by atoms with Gasteiger partial charge in [-0.15, -0.1) is 11.3 Å². The van der Waals surface area contributed by atoms with Crippen LogP contribution in [0, 0.1) is 13.8 Å². The molecular weight excluding hydrogens is 377 g/mol. The molecule has 0 aliphatic carbocycles. The highest BCUT2D eigenvalue weighted by Gasteiger charge is 2.30. The van der Waals surface area contributed by atoms with Crippen molar-refractivity contribution >= 4 is 23.1 Å². The predicted molar refractivity (Wildman–Crippen MR) is 98.9 cm³/mol. The van der Waals surface area contributed by atoms with E-state index in [9.17, 15) is 18.0 Å². The van der Waals surface area contributed by atoms with E-state index in [-0.39, 0.29) is 11.7 Å². The van der Waals surface area contributed by atoms with Crippen molar-refractivity contribution in [2.24, 2.45) is 0 Å². The van der Waals surface area contributed by atoms with Crippen LogP contribution in [0.2, 0.25) is 0 Å². The van der Waals surface area contributed by atoms with Gasteiger partial charge in [-0.1, -0.05) is 6.07 Å². The molecule has 146 valence electrons. The average Bonchev–Trinajstić information content (AvgIpc) is 2.92. The van der Waals surface area contributed by atoms with E-state index >= 15 is 0 Å². The number of benzene rings is 1. The number of rotatable bonds is 3. The number of amides is 2. The minimum atomic E-state index is -4.43. The number of hydrogen-bond acceptors (Lipinski definition) is 4. The summed E-state index contributed by atoms with van der Waals surface area (Å²) >= 11 is 1.67. The van der Waals surface area contributed by atoms with E-state index in [0.29, 0.717) is 26.2 Å². The average molecular weight is 398 g/mol. The summed E-state index contributed by atoms with van der Waals surface area (Å²) in [6.07, 6.45) is -4.43. The zero-order valence-electron chi connectivity index (χ0n) is 15.1. The molecule has 0 bridgehead atoms. The van der Waals surface area contributed by atoms with Crippen LogP contribution in [-0.2, 0) is 12.7 Å². The lowest BCUT2D eigenvalue weighted by atomic mass is 10.2. The summed E-state index contributed by atoms with van der Waals surface area (Å²) in [6, 6.07) is 4.29. The number of nitrogens with zero attached hydrogens (tertiary/aromatic N) is 3. The van der Waals surface area contributed by atoms with E-state index in [1.165, 1.54) is 17.0 Å². The van der Waals surface area contributed by atoms with Crippen LogP contribution in [0.15, 0.2) is 24.3 Å². The molecule has 0 saturated carbocycles. The highest BCUT2D eigenvalue weighted by Crippen LogP contribution is 2.30. The van der Waals surface area contributed by atoms with Crippen molar-refractivity contribution < 1.29 is 18.0 Å². The third-order valence-electron chi connectivity index (χ3n) is 4.47. The van der Waals surface area contributed by atoms with Crippen LogP contribution < -0.4 is 5.32 Å². The summed E-state index contributed by atoms with van der Waals surface area (Å²) in [4.78, 5) is 21.9. The lowest BCUT2D eigenvalue weighted by molar-refractivity contribution is -0.137. The lowest BCUT2D eigenvalue weighted by Crippen LogP contribution is -2.49. The summed E-state index contributed by atoms with van der Waals surface area (Å²) in [7, 11) is 0. The number of urea groups is 1. The zero-order chi connectivity index (χ0) is 19.6. The number of alkyl halides is 3. The predicted octanol–water partition coefficient (Wildman–Crippen LogP) is 4.13. The number of carbonyl (C=O) groups is 1. The molecule has 1 aliphatic heterocycles. The van der Waals surface area contributed by atoms with E-state index in [1.807, 2.05) is 6.92 Å². The van der Waals surface area contributed by atoms with Gasteiger partial charge in [-0.05, 0) is 32.0 Å². The van der Waals surface area contributed by atoms with Gasteiger partial charge in [-0.2, -0.15) is 13.2 Å². The first-order valence-electron chi connectivity index (χ1n) is 8.61. The fourth-order valence-corrected chi connectivity index (χ4v) is 3.84. The quantitative estimate of drug-likeness (QED) is 0.846. The molecule has 1 N–H and O–H groups in total. The SMILES string of the molecule is Cc1nc(CN2CCN(C(=O)Nc3cccc(C(F)(F)F)c3)CC2)c(C)s1. The Morgan fingerprint density at radius 2 is 1.93 bits per heavy atom. The van der Waals surface area contributed by atoms with Gasteiger partial charge in [0.15, 0.2) is 0 Å². The highest BCUT2D eigenvalue weighted by atomic mass is 32.1. The molecule has 3 rings (SSSR count). The maximum absolute atomic E-state index is 12.8. The van der Waals surface area contributed by atoms with Gasteiger partial charge >= 0.3 is 12.2 Å². The van der Waals surface area contributed by atoms with Crippen LogP contribution in [-0.4, -0.2) is 47.0 Å². The van der Waals surface area contributed by atoms with Gasteiger partial charge < -0.3 is 10.2 Å². The molecule has 0 spiro atoms. The van der Waals surface area contributed by atoms with Crippen LogP contribution in [0.5, 0.6) is 0 Å². The number of hydrogen-bond donors (Lipinski definition) is 1. The van der Waals surface area contributed by atoms with Crippen molar-refractivity contribution in [2.45, 2.75) is 26.6 Å². The Bertz CT molecular complexity index is 813. The van der Waals surface area contributed by atoms with Gasteiger partial charge in [-0.25, -0.2) is 9.78 Å². The molecule has 2 amide bonds. The van der Waals surface area contributed by atoms with E-state index < -0.39 is 11.7 Å². The normalized spacial score (nSPS) is 15.8. The van der Waals surface area contributed by atoms with Gasteiger partial charge in [0.2, 0.25) is 0 Å². The summed E-state index contributed by atoms with van der Waals surface area (Å²) < 4.78 is 38.3. The molecule has 2 heterocycles. The number of aromatic nitrogens is 1. The molecular formula is C18H21F3N4OS. The minimum Gasteiger partial charge on any atom is -0.322 e. The first-order chi connectivity index (χ1) is 12.7. The monoisotopic (exact) mass is 398 g/mol. The van der Waals surface area contributed by atoms with Crippen molar-refractivity contribution in [3.63, 3.8) is 0 Å². The first kappa shape index (κ1) is 19.6. The number of carbonyl (C=O) groups excluding carboxylic acids is 1. The number of halogens is 3. The summed E-state index contributed by atoms with van der Waals surface area (Å²) in [5.74, 6) is 0. The molecule has 1 aromatic carbocycles. The van der Waals surface area contributed by atoms with Crippen LogP contribution in [0.4, 0.5) is 23.7 Å².